The van der Waals surface area contributed by atoms with Crippen LogP contribution >= 0.6 is 0 Å². The fourth-order valence-electron chi connectivity index (χ4n) is 1.35. The van der Waals surface area contributed by atoms with E-state index in [0.717, 1.165) is 0 Å². The molecule has 0 aliphatic rings. The van der Waals surface area contributed by atoms with Crippen molar-refractivity contribution in [2.75, 3.05) is 20.1 Å². The highest BCUT2D eigenvalue weighted by Crippen LogP contribution is 2.20. The smallest absolute Gasteiger partial charge is 0.00295 e. The molecule has 0 aromatic rings. The molecule has 0 aliphatic heterocycles. The second-order valence-electron chi connectivity index (χ2n) is 4.61. The van der Waals surface area contributed by atoms with Gasteiger partial charge in [0.1, 0.15) is 0 Å². The summed E-state index contributed by atoms with van der Waals surface area (Å²) in [5.74, 6) is 0. The van der Waals surface area contributed by atoms with Crippen LogP contribution in [0, 0.1) is 5.41 Å². The molecule has 0 aliphatic carbocycles. The molecule has 1 nitrogen and oxygen atoms in total. The normalized spacial score (nSPS) is 12.5. The van der Waals surface area contributed by atoms with Crippen LogP contribution in [0.3, 0.4) is 0 Å². The highest BCUT2D eigenvalue weighted by Gasteiger charge is 2.16. The lowest BCUT2D eigenvalue weighted by atomic mass is 9.90. The number of hydrogen-bond acceptors (Lipinski definition) is 1. The Morgan fingerprint density at radius 2 is 1.75 bits per heavy atom. The molecular formula is C11H25N. The lowest BCUT2D eigenvalue weighted by molar-refractivity contribution is 0.202. The van der Waals surface area contributed by atoms with Crippen LogP contribution in [0.5, 0.6) is 0 Å². The van der Waals surface area contributed by atoms with Crippen molar-refractivity contribution in [3.05, 3.63) is 0 Å². The van der Waals surface area contributed by atoms with Crippen molar-refractivity contribution in [3.8, 4) is 0 Å². The van der Waals surface area contributed by atoms with Gasteiger partial charge in [-0.3, -0.25) is 0 Å². The predicted octanol–water partition coefficient (Wildman–Crippen LogP) is 3.15. The van der Waals surface area contributed by atoms with Crippen molar-refractivity contribution in [2.24, 2.45) is 5.41 Å². The molecule has 0 atom stereocenters. The van der Waals surface area contributed by atoms with Crippen LogP contribution in [-0.2, 0) is 0 Å². The molecule has 1 heteroatoms. The first-order chi connectivity index (χ1) is 5.52. The summed E-state index contributed by atoms with van der Waals surface area (Å²) < 4.78 is 0. The minimum atomic E-state index is 0.489. The molecule has 0 aromatic carbocycles. The molecule has 0 rings (SSSR count). The zero-order valence-electron chi connectivity index (χ0n) is 9.48. The monoisotopic (exact) mass is 171 g/mol. The van der Waals surface area contributed by atoms with Crippen molar-refractivity contribution in [2.45, 2.75) is 47.0 Å². The van der Waals surface area contributed by atoms with Gasteiger partial charge in [-0.2, -0.15) is 0 Å². The van der Waals surface area contributed by atoms with Crippen molar-refractivity contribution < 1.29 is 0 Å². The van der Waals surface area contributed by atoms with Crippen molar-refractivity contribution >= 4 is 0 Å². The van der Waals surface area contributed by atoms with Gasteiger partial charge in [0.2, 0.25) is 0 Å². The van der Waals surface area contributed by atoms with Crippen LogP contribution in [-0.4, -0.2) is 25.0 Å². The van der Waals surface area contributed by atoms with E-state index in [1.807, 2.05) is 0 Å². The van der Waals surface area contributed by atoms with E-state index in [4.69, 9.17) is 0 Å². The van der Waals surface area contributed by atoms with Gasteiger partial charge in [-0.25, -0.2) is 0 Å². The Kier molecular flexibility index (Phi) is 5.56. The van der Waals surface area contributed by atoms with Gasteiger partial charge < -0.3 is 4.90 Å². The van der Waals surface area contributed by atoms with Gasteiger partial charge in [-0.15, -0.1) is 0 Å². The Morgan fingerprint density at radius 1 is 1.17 bits per heavy atom. The largest absolute Gasteiger partial charge is 0.306 e. The second kappa shape index (κ2) is 5.58. The predicted molar refractivity (Wildman–Crippen MR) is 56.5 cm³/mol. The summed E-state index contributed by atoms with van der Waals surface area (Å²) in [6, 6.07) is 0. The molecule has 12 heavy (non-hydrogen) atoms. The summed E-state index contributed by atoms with van der Waals surface area (Å²) in [6.07, 6.45) is 3.90. The second-order valence-corrected chi connectivity index (χ2v) is 4.61. The minimum absolute atomic E-state index is 0.489. The topological polar surface area (TPSA) is 3.24 Å². The highest BCUT2D eigenvalue weighted by atomic mass is 15.1. The molecule has 0 spiro atoms. The Labute approximate surface area is 78.1 Å². The summed E-state index contributed by atoms with van der Waals surface area (Å²) in [5.41, 5.74) is 0.489. The molecule has 0 saturated carbocycles. The molecule has 0 aromatic heterocycles. The molecule has 0 amide bonds. The van der Waals surface area contributed by atoms with E-state index in [0.29, 0.717) is 5.41 Å². The minimum Gasteiger partial charge on any atom is -0.306 e. The number of unbranched alkanes of at least 4 members (excludes halogenated alkanes) is 1. The summed E-state index contributed by atoms with van der Waals surface area (Å²) in [5, 5.41) is 0. The average Bonchev–Trinajstić information content (AvgIpc) is 2.00. The van der Waals surface area contributed by atoms with Crippen molar-refractivity contribution in [1.82, 2.24) is 4.90 Å². The van der Waals surface area contributed by atoms with E-state index < -0.39 is 0 Å². The Bertz CT molecular complexity index is 108. The summed E-state index contributed by atoms with van der Waals surface area (Å²) in [7, 11) is 2.23. The van der Waals surface area contributed by atoms with Crippen LogP contribution in [0.1, 0.15) is 47.0 Å². The average molecular weight is 171 g/mol. The zero-order chi connectivity index (χ0) is 9.61. The maximum Gasteiger partial charge on any atom is 0.00295 e. The summed E-state index contributed by atoms with van der Waals surface area (Å²) in [4.78, 5) is 2.45. The van der Waals surface area contributed by atoms with Gasteiger partial charge in [0.25, 0.3) is 0 Å². The lowest BCUT2D eigenvalue weighted by Gasteiger charge is -2.29. The van der Waals surface area contributed by atoms with Crippen LogP contribution in [0.15, 0.2) is 0 Å². The third kappa shape index (κ3) is 5.59. The van der Waals surface area contributed by atoms with Gasteiger partial charge in [-0.1, -0.05) is 34.1 Å². The molecule has 0 unspecified atom stereocenters. The van der Waals surface area contributed by atoms with Gasteiger partial charge in [0, 0.05) is 6.54 Å². The number of hydrogen-bond donors (Lipinski definition) is 0. The first-order valence-corrected chi connectivity index (χ1v) is 5.20. The quantitative estimate of drug-likeness (QED) is 0.593. The van der Waals surface area contributed by atoms with E-state index in [9.17, 15) is 0 Å². The van der Waals surface area contributed by atoms with Gasteiger partial charge in [0.15, 0.2) is 0 Å². The Hall–Kier alpha value is -0.0400. The zero-order valence-corrected chi connectivity index (χ0v) is 9.48. The maximum absolute atomic E-state index is 2.45. The van der Waals surface area contributed by atoms with Gasteiger partial charge in [-0.05, 0) is 31.8 Å². The van der Waals surface area contributed by atoms with Gasteiger partial charge in [0.05, 0.1) is 0 Å². The van der Waals surface area contributed by atoms with E-state index in [1.54, 1.807) is 0 Å². The van der Waals surface area contributed by atoms with E-state index >= 15 is 0 Å². The third-order valence-corrected chi connectivity index (χ3v) is 2.55. The fraction of sp³-hybridized carbons (Fsp3) is 1.00. The molecule has 0 bridgehead atoms. The highest BCUT2D eigenvalue weighted by molar-refractivity contribution is 4.70. The molecule has 0 heterocycles. The van der Waals surface area contributed by atoms with E-state index in [1.165, 1.54) is 32.4 Å². The fourth-order valence-corrected chi connectivity index (χ4v) is 1.35. The maximum atomic E-state index is 2.45. The lowest BCUT2D eigenvalue weighted by Crippen LogP contribution is -2.31. The SMILES string of the molecule is CCCCN(C)CC(C)(C)CC. The molecule has 0 radical (unpaired) electrons. The van der Waals surface area contributed by atoms with Crippen LogP contribution in [0.4, 0.5) is 0 Å². The molecule has 0 N–H and O–H groups in total. The number of nitrogens with zero attached hydrogens (tertiary/aromatic N) is 1. The third-order valence-electron chi connectivity index (χ3n) is 2.55. The Morgan fingerprint density at radius 3 is 2.17 bits per heavy atom. The standard InChI is InChI=1S/C11H25N/c1-6-8-9-12(5)10-11(3,4)7-2/h6-10H2,1-5H3. The molecule has 0 fully saturated rings. The van der Waals surface area contributed by atoms with Crippen LogP contribution in [0.2, 0.25) is 0 Å². The van der Waals surface area contributed by atoms with Crippen molar-refractivity contribution in [1.29, 1.82) is 0 Å². The van der Waals surface area contributed by atoms with Gasteiger partial charge >= 0.3 is 0 Å². The van der Waals surface area contributed by atoms with E-state index in [-0.39, 0.29) is 0 Å². The van der Waals surface area contributed by atoms with Crippen LogP contribution in [0.25, 0.3) is 0 Å². The summed E-state index contributed by atoms with van der Waals surface area (Å²) in [6.45, 7) is 11.7. The summed E-state index contributed by atoms with van der Waals surface area (Å²) >= 11 is 0. The van der Waals surface area contributed by atoms with Crippen molar-refractivity contribution in [3.63, 3.8) is 0 Å². The first kappa shape index (κ1) is 12.0. The molecule has 74 valence electrons. The molecular weight excluding hydrogens is 146 g/mol. The number of rotatable bonds is 6. The van der Waals surface area contributed by atoms with Crippen LogP contribution < -0.4 is 0 Å². The first-order valence-electron chi connectivity index (χ1n) is 5.20. The Balaban J connectivity index is 3.60. The molecule has 0 saturated heterocycles. The van der Waals surface area contributed by atoms with E-state index in [2.05, 4.69) is 39.6 Å².